The molecular formula is C22H18Cl3N3O3S. The van der Waals surface area contributed by atoms with Crippen LogP contribution in [0.5, 0.6) is 0 Å². The molecule has 1 N–H and O–H groups in total. The number of hydrazone groups is 1. The lowest BCUT2D eigenvalue weighted by atomic mass is 10.1. The van der Waals surface area contributed by atoms with E-state index in [2.05, 4.69) is 10.5 Å². The van der Waals surface area contributed by atoms with Gasteiger partial charge in [0.1, 0.15) is 0 Å². The molecule has 0 aliphatic rings. The standard InChI is InChI=1S/C22H18Cl3N3O3S/c1-32(30,31)28(20-4-2-3-18(23)11-20)14-15-5-7-16(8-6-15)22(29)27-26-13-17-9-10-19(24)12-21(17)25/h2-13H,14H2,1H3,(H,27,29)/b26-13-. The molecule has 0 aliphatic carbocycles. The van der Waals surface area contributed by atoms with Gasteiger partial charge in [0, 0.05) is 21.2 Å². The Kier molecular flexibility index (Phi) is 7.79. The van der Waals surface area contributed by atoms with Crippen LogP contribution < -0.4 is 9.73 Å². The van der Waals surface area contributed by atoms with Gasteiger partial charge in [0.2, 0.25) is 10.0 Å². The smallest absolute Gasteiger partial charge is 0.267 e. The fourth-order valence-electron chi connectivity index (χ4n) is 2.79. The van der Waals surface area contributed by atoms with Gasteiger partial charge in [0.25, 0.3) is 5.91 Å². The van der Waals surface area contributed by atoms with Crippen molar-refractivity contribution in [1.82, 2.24) is 5.43 Å². The molecule has 3 aromatic carbocycles. The number of halogens is 3. The normalized spacial score (nSPS) is 11.5. The van der Waals surface area contributed by atoms with Crippen LogP contribution in [0.2, 0.25) is 15.1 Å². The van der Waals surface area contributed by atoms with E-state index in [-0.39, 0.29) is 6.54 Å². The van der Waals surface area contributed by atoms with Crippen LogP contribution in [-0.2, 0) is 16.6 Å². The van der Waals surface area contributed by atoms with Crippen LogP contribution in [0.3, 0.4) is 0 Å². The third kappa shape index (κ3) is 6.46. The second kappa shape index (κ2) is 10.4. The summed E-state index contributed by atoms with van der Waals surface area (Å²) < 4.78 is 25.8. The number of carbonyl (C=O) groups is 1. The van der Waals surface area contributed by atoms with E-state index in [1.165, 1.54) is 10.5 Å². The fourth-order valence-corrected chi connectivity index (χ4v) is 4.31. The third-order valence-corrected chi connectivity index (χ3v) is 6.31. The molecule has 166 valence electrons. The topological polar surface area (TPSA) is 78.8 Å². The van der Waals surface area contributed by atoms with Gasteiger partial charge < -0.3 is 0 Å². The van der Waals surface area contributed by atoms with E-state index in [0.29, 0.717) is 37.4 Å². The Morgan fingerprint density at radius 2 is 1.69 bits per heavy atom. The van der Waals surface area contributed by atoms with E-state index >= 15 is 0 Å². The average Bonchev–Trinajstić information content (AvgIpc) is 2.73. The Balaban J connectivity index is 1.69. The number of sulfonamides is 1. The molecule has 6 nitrogen and oxygen atoms in total. The van der Waals surface area contributed by atoms with Gasteiger partial charge in [-0.2, -0.15) is 5.10 Å². The third-order valence-electron chi connectivity index (χ3n) is 4.37. The number of anilines is 1. The molecule has 3 aromatic rings. The van der Waals surface area contributed by atoms with Crippen LogP contribution in [0.15, 0.2) is 71.8 Å². The van der Waals surface area contributed by atoms with E-state index < -0.39 is 15.9 Å². The van der Waals surface area contributed by atoms with Crippen molar-refractivity contribution in [1.29, 1.82) is 0 Å². The molecule has 0 unspecified atom stereocenters. The van der Waals surface area contributed by atoms with Crippen molar-refractivity contribution in [3.63, 3.8) is 0 Å². The molecular weight excluding hydrogens is 493 g/mol. The number of benzene rings is 3. The van der Waals surface area contributed by atoms with E-state index in [0.717, 1.165) is 6.26 Å². The van der Waals surface area contributed by atoms with Gasteiger partial charge in [-0.25, -0.2) is 13.8 Å². The molecule has 32 heavy (non-hydrogen) atoms. The Hall–Kier alpha value is -2.58. The summed E-state index contributed by atoms with van der Waals surface area (Å²) in [7, 11) is -3.55. The van der Waals surface area contributed by atoms with Crippen LogP contribution in [0, 0.1) is 0 Å². The second-order valence-electron chi connectivity index (χ2n) is 6.81. The van der Waals surface area contributed by atoms with Crippen molar-refractivity contribution < 1.29 is 13.2 Å². The summed E-state index contributed by atoms with van der Waals surface area (Å²) in [4.78, 5) is 12.3. The highest BCUT2D eigenvalue weighted by Crippen LogP contribution is 2.24. The van der Waals surface area contributed by atoms with Crippen molar-refractivity contribution in [3.8, 4) is 0 Å². The van der Waals surface area contributed by atoms with Gasteiger partial charge >= 0.3 is 0 Å². The van der Waals surface area contributed by atoms with E-state index in [4.69, 9.17) is 34.8 Å². The summed E-state index contributed by atoms with van der Waals surface area (Å²) in [5.74, 6) is -0.423. The predicted molar refractivity (Wildman–Crippen MR) is 130 cm³/mol. The summed E-state index contributed by atoms with van der Waals surface area (Å²) in [6, 6.07) is 18.1. The highest BCUT2D eigenvalue weighted by molar-refractivity contribution is 7.92. The molecule has 0 heterocycles. The molecule has 1 amide bonds. The lowest BCUT2D eigenvalue weighted by Crippen LogP contribution is -2.29. The number of rotatable bonds is 7. The minimum atomic E-state index is -3.55. The zero-order valence-electron chi connectivity index (χ0n) is 16.8. The molecule has 0 aliphatic heterocycles. The van der Waals surface area contributed by atoms with E-state index in [9.17, 15) is 13.2 Å². The maximum absolute atomic E-state index is 12.3. The van der Waals surface area contributed by atoms with Gasteiger partial charge in [-0.15, -0.1) is 0 Å². The van der Waals surface area contributed by atoms with Gasteiger partial charge in [0.05, 0.1) is 29.7 Å². The zero-order chi connectivity index (χ0) is 23.3. The fraction of sp³-hybridized carbons (Fsp3) is 0.0909. The number of nitrogens with one attached hydrogen (secondary N) is 1. The number of hydrogen-bond donors (Lipinski definition) is 1. The first kappa shape index (κ1) is 24.1. The molecule has 0 fully saturated rings. The Bertz CT molecular complexity index is 1260. The van der Waals surface area contributed by atoms with Crippen LogP contribution in [0.25, 0.3) is 0 Å². The van der Waals surface area contributed by atoms with Crippen molar-refractivity contribution >= 4 is 62.6 Å². The van der Waals surface area contributed by atoms with Gasteiger partial charge in [-0.1, -0.05) is 59.1 Å². The molecule has 0 saturated heterocycles. The monoisotopic (exact) mass is 509 g/mol. The number of carbonyl (C=O) groups excluding carboxylic acids is 1. The number of amides is 1. The average molecular weight is 511 g/mol. The lowest BCUT2D eigenvalue weighted by molar-refractivity contribution is 0.0955. The first-order chi connectivity index (χ1) is 15.1. The Labute approximate surface area is 201 Å². The summed E-state index contributed by atoms with van der Waals surface area (Å²) in [6.45, 7) is 0.0916. The minimum Gasteiger partial charge on any atom is -0.267 e. The maximum atomic E-state index is 12.3. The summed E-state index contributed by atoms with van der Waals surface area (Å²) in [6.07, 6.45) is 2.54. The largest absolute Gasteiger partial charge is 0.271 e. The zero-order valence-corrected chi connectivity index (χ0v) is 19.9. The molecule has 0 bridgehead atoms. The molecule has 0 aromatic heterocycles. The molecule has 3 rings (SSSR count). The molecule has 10 heteroatoms. The van der Waals surface area contributed by atoms with Gasteiger partial charge in [0.15, 0.2) is 0 Å². The highest BCUT2D eigenvalue weighted by atomic mass is 35.5. The minimum absolute atomic E-state index is 0.0916. The summed E-state index contributed by atoms with van der Waals surface area (Å²) in [5, 5.41) is 5.25. The Morgan fingerprint density at radius 3 is 2.31 bits per heavy atom. The first-order valence-electron chi connectivity index (χ1n) is 9.24. The van der Waals surface area contributed by atoms with E-state index in [1.807, 2.05) is 0 Å². The summed E-state index contributed by atoms with van der Waals surface area (Å²) in [5.41, 5.74) is 4.54. The summed E-state index contributed by atoms with van der Waals surface area (Å²) >= 11 is 17.9. The van der Waals surface area contributed by atoms with Crippen LogP contribution >= 0.6 is 34.8 Å². The van der Waals surface area contributed by atoms with Gasteiger partial charge in [-0.05, 0) is 48.0 Å². The molecule has 0 atom stereocenters. The maximum Gasteiger partial charge on any atom is 0.271 e. The SMILES string of the molecule is CS(=O)(=O)N(Cc1ccc(C(=O)N/N=C\c2ccc(Cl)cc2Cl)cc1)c1cccc(Cl)c1. The number of nitrogens with zero attached hydrogens (tertiary/aromatic N) is 2. The van der Waals surface area contributed by atoms with Crippen molar-refractivity contribution in [2.75, 3.05) is 10.6 Å². The highest BCUT2D eigenvalue weighted by Gasteiger charge is 2.18. The molecule has 0 spiro atoms. The molecule has 0 saturated carbocycles. The van der Waals surface area contributed by atoms with Crippen LogP contribution in [0.1, 0.15) is 21.5 Å². The van der Waals surface area contributed by atoms with Crippen LogP contribution in [0.4, 0.5) is 5.69 Å². The van der Waals surface area contributed by atoms with Gasteiger partial charge in [-0.3, -0.25) is 9.10 Å². The van der Waals surface area contributed by atoms with Crippen molar-refractivity contribution in [3.05, 3.63) is 98.5 Å². The first-order valence-corrected chi connectivity index (χ1v) is 12.2. The van der Waals surface area contributed by atoms with E-state index in [1.54, 1.807) is 66.7 Å². The quantitative estimate of drug-likeness (QED) is 0.342. The van der Waals surface area contributed by atoms with Crippen molar-refractivity contribution in [2.24, 2.45) is 5.10 Å². The second-order valence-corrected chi connectivity index (χ2v) is 10.00. The molecule has 0 radical (unpaired) electrons. The Morgan fingerprint density at radius 1 is 1.00 bits per heavy atom. The van der Waals surface area contributed by atoms with Crippen LogP contribution in [-0.4, -0.2) is 26.8 Å². The predicted octanol–water partition coefficient (Wildman–Crippen LogP) is 5.38. The number of hydrogen-bond acceptors (Lipinski definition) is 4. The lowest BCUT2D eigenvalue weighted by Gasteiger charge is -2.22. The van der Waals surface area contributed by atoms with Crippen molar-refractivity contribution in [2.45, 2.75) is 6.54 Å².